The molecule has 0 bridgehead atoms. The van der Waals surface area contributed by atoms with E-state index in [2.05, 4.69) is 20.5 Å². The number of amides is 1. The molecule has 0 aliphatic rings. The number of aromatic amines is 2. The molecule has 1 atom stereocenters. The number of carbonyl (C=O) groups excluding carboxylic acids is 1. The van der Waals surface area contributed by atoms with Gasteiger partial charge in [-0.3, -0.25) is 9.89 Å². The number of carbonyl (C=O) groups is 1. The quantitative estimate of drug-likeness (QED) is 0.679. The van der Waals surface area contributed by atoms with Crippen molar-refractivity contribution in [2.75, 3.05) is 0 Å². The van der Waals surface area contributed by atoms with E-state index in [9.17, 15) is 4.79 Å². The van der Waals surface area contributed by atoms with Gasteiger partial charge in [0.05, 0.1) is 18.7 Å². The fourth-order valence-corrected chi connectivity index (χ4v) is 2.32. The van der Waals surface area contributed by atoms with E-state index in [4.69, 9.17) is 0 Å². The number of rotatable bonds is 4. The van der Waals surface area contributed by atoms with Crippen molar-refractivity contribution < 1.29 is 4.79 Å². The monoisotopic (exact) mass is 268 g/mol. The van der Waals surface area contributed by atoms with E-state index >= 15 is 0 Å². The third-order valence-corrected chi connectivity index (χ3v) is 3.42. The van der Waals surface area contributed by atoms with Crippen LogP contribution < -0.4 is 5.32 Å². The molecule has 2 heterocycles. The summed E-state index contributed by atoms with van der Waals surface area (Å²) < 4.78 is 0. The van der Waals surface area contributed by atoms with Gasteiger partial charge >= 0.3 is 0 Å². The molecule has 3 rings (SSSR count). The lowest BCUT2D eigenvalue weighted by Gasteiger charge is -2.11. The van der Waals surface area contributed by atoms with Crippen LogP contribution in [0.25, 0.3) is 10.9 Å². The topological polar surface area (TPSA) is 73.6 Å². The fourth-order valence-electron chi connectivity index (χ4n) is 2.32. The van der Waals surface area contributed by atoms with Gasteiger partial charge in [0.15, 0.2) is 0 Å². The standard InChI is InChI=1S/C15H16N4O/c1-10(12-8-17-18-9-12)19-15(20)6-11-7-16-14-5-3-2-4-13(11)14/h2-5,7-10,16H,6H2,1H3,(H,17,18)(H,19,20). The smallest absolute Gasteiger partial charge is 0.224 e. The highest BCUT2D eigenvalue weighted by molar-refractivity contribution is 5.88. The maximum atomic E-state index is 12.1. The highest BCUT2D eigenvalue weighted by Gasteiger charge is 2.12. The summed E-state index contributed by atoms with van der Waals surface area (Å²) in [6, 6.07) is 7.93. The van der Waals surface area contributed by atoms with Crippen LogP contribution in [0.5, 0.6) is 0 Å². The average Bonchev–Trinajstić information content (AvgIpc) is 3.09. The Morgan fingerprint density at radius 2 is 2.20 bits per heavy atom. The van der Waals surface area contributed by atoms with Gasteiger partial charge in [0.2, 0.25) is 5.91 Å². The van der Waals surface area contributed by atoms with Crippen LogP contribution in [0.1, 0.15) is 24.1 Å². The van der Waals surface area contributed by atoms with Gasteiger partial charge < -0.3 is 10.3 Å². The van der Waals surface area contributed by atoms with Crippen LogP contribution in [0.3, 0.4) is 0 Å². The SMILES string of the molecule is CC(NC(=O)Cc1c[nH]c2ccccc12)c1cn[nH]c1. The molecule has 3 N–H and O–H groups in total. The summed E-state index contributed by atoms with van der Waals surface area (Å²) in [6.07, 6.45) is 5.77. The van der Waals surface area contributed by atoms with Crippen LogP contribution >= 0.6 is 0 Å². The summed E-state index contributed by atoms with van der Waals surface area (Å²) in [5.74, 6) is 0.00320. The molecule has 1 amide bonds. The second-order valence-corrected chi connectivity index (χ2v) is 4.86. The summed E-state index contributed by atoms with van der Waals surface area (Å²) in [5.41, 5.74) is 3.04. The van der Waals surface area contributed by atoms with Crippen LogP contribution in [0, 0.1) is 0 Å². The number of benzene rings is 1. The third-order valence-electron chi connectivity index (χ3n) is 3.42. The van der Waals surface area contributed by atoms with Crippen LogP contribution in [-0.2, 0) is 11.2 Å². The molecule has 0 aliphatic heterocycles. The Hall–Kier alpha value is -2.56. The van der Waals surface area contributed by atoms with Crippen molar-refractivity contribution in [3.8, 4) is 0 Å². The maximum absolute atomic E-state index is 12.1. The number of fused-ring (bicyclic) bond motifs is 1. The first-order valence-corrected chi connectivity index (χ1v) is 6.57. The molecule has 1 aromatic carbocycles. The molecule has 5 heteroatoms. The minimum Gasteiger partial charge on any atom is -0.361 e. The minimum absolute atomic E-state index is 0.00320. The normalized spacial score (nSPS) is 12.4. The number of nitrogens with zero attached hydrogens (tertiary/aromatic N) is 1. The van der Waals surface area contributed by atoms with E-state index in [0.717, 1.165) is 22.0 Å². The molecule has 0 radical (unpaired) electrons. The van der Waals surface area contributed by atoms with E-state index in [-0.39, 0.29) is 11.9 Å². The van der Waals surface area contributed by atoms with E-state index in [1.165, 1.54) is 0 Å². The number of H-pyrrole nitrogens is 2. The molecule has 102 valence electrons. The van der Waals surface area contributed by atoms with Crippen molar-refractivity contribution in [2.45, 2.75) is 19.4 Å². The number of aromatic nitrogens is 3. The van der Waals surface area contributed by atoms with Gasteiger partial charge in [0.25, 0.3) is 0 Å². The van der Waals surface area contributed by atoms with Crippen molar-refractivity contribution in [3.05, 3.63) is 54.0 Å². The zero-order valence-electron chi connectivity index (χ0n) is 11.2. The Balaban J connectivity index is 1.70. The minimum atomic E-state index is -0.0496. The second-order valence-electron chi connectivity index (χ2n) is 4.86. The van der Waals surface area contributed by atoms with Gasteiger partial charge in [-0.15, -0.1) is 0 Å². The molecule has 0 spiro atoms. The second kappa shape index (κ2) is 5.21. The largest absolute Gasteiger partial charge is 0.361 e. The number of hydrogen-bond donors (Lipinski definition) is 3. The zero-order valence-corrected chi connectivity index (χ0v) is 11.2. The summed E-state index contributed by atoms with van der Waals surface area (Å²) in [4.78, 5) is 15.3. The van der Waals surface area contributed by atoms with Gasteiger partial charge in [-0.2, -0.15) is 5.10 Å². The molecule has 5 nitrogen and oxygen atoms in total. The predicted molar refractivity (Wildman–Crippen MR) is 77.1 cm³/mol. The van der Waals surface area contributed by atoms with Crippen molar-refractivity contribution in [1.29, 1.82) is 0 Å². The van der Waals surface area contributed by atoms with Crippen LogP contribution in [-0.4, -0.2) is 21.1 Å². The van der Waals surface area contributed by atoms with Gasteiger partial charge in [-0.05, 0) is 18.6 Å². The zero-order chi connectivity index (χ0) is 13.9. The van der Waals surface area contributed by atoms with E-state index in [1.807, 2.05) is 37.4 Å². The molecule has 3 aromatic rings. The summed E-state index contributed by atoms with van der Waals surface area (Å²) in [7, 11) is 0. The lowest BCUT2D eigenvalue weighted by molar-refractivity contribution is -0.121. The number of hydrogen-bond acceptors (Lipinski definition) is 2. The Kier molecular flexibility index (Phi) is 3.25. The molecule has 1 unspecified atom stereocenters. The number of nitrogens with one attached hydrogen (secondary N) is 3. The predicted octanol–water partition coefficient (Wildman–Crippen LogP) is 2.31. The molecule has 0 saturated carbocycles. The number of para-hydroxylation sites is 1. The van der Waals surface area contributed by atoms with Crippen LogP contribution in [0.4, 0.5) is 0 Å². The van der Waals surface area contributed by atoms with Gasteiger partial charge in [-0.25, -0.2) is 0 Å². The van der Waals surface area contributed by atoms with Crippen molar-refractivity contribution in [1.82, 2.24) is 20.5 Å². The molecule has 0 aliphatic carbocycles. The van der Waals surface area contributed by atoms with E-state index in [1.54, 1.807) is 12.4 Å². The highest BCUT2D eigenvalue weighted by Crippen LogP contribution is 2.18. The first-order chi connectivity index (χ1) is 9.74. The summed E-state index contributed by atoms with van der Waals surface area (Å²) in [5, 5.41) is 10.7. The molecule has 20 heavy (non-hydrogen) atoms. The summed E-state index contributed by atoms with van der Waals surface area (Å²) in [6.45, 7) is 1.94. The molecular formula is C15H16N4O. The van der Waals surface area contributed by atoms with Gasteiger partial charge in [-0.1, -0.05) is 18.2 Å². The van der Waals surface area contributed by atoms with E-state index < -0.39 is 0 Å². The summed E-state index contributed by atoms with van der Waals surface area (Å²) >= 11 is 0. The lowest BCUT2D eigenvalue weighted by atomic mass is 10.1. The first-order valence-electron chi connectivity index (χ1n) is 6.57. The van der Waals surface area contributed by atoms with Gasteiger partial charge in [0.1, 0.15) is 0 Å². The molecule has 0 fully saturated rings. The van der Waals surface area contributed by atoms with Crippen LogP contribution in [0.15, 0.2) is 42.9 Å². The Bertz CT molecular complexity index is 714. The third kappa shape index (κ3) is 2.42. The average molecular weight is 268 g/mol. The van der Waals surface area contributed by atoms with Crippen molar-refractivity contribution in [3.63, 3.8) is 0 Å². The van der Waals surface area contributed by atoms with Crippen LogP contribution in [0.2, 0.25) is 0 Å². The molecule has 0 saturated heterocycles. The Morgan fingerprint density at radius 3 is 3.00 bits per heavy atom. The Morgan fingerprint density at radius 1 is 1.35 bits per heavy atom. The van der Waals surface area contributed by atoms with Crippen molar-refractivity contribution >= 4 is 16.8 Å². The maximum Gasteiger partial charge on any atom is 0.224 e. The van der Waals surface area contributed by atoms with Gasteiger partial charge in [0, 0.05) is 28.9 Å². The first kappa shape index (κ1) is 12.5. The van der Waals surface area contributed by atoms with Crippen molar-refractivity contribution in [2.24, 2.45) is 0 Å². The Labute approximate surface area is 116 Å². The fraction of sp³-hybridized carbons (Fsp3) is 0.200. The molecule has 2 aromatic heterocycles. The van der Waals surface area contributed by atoms with E-state index in [0.29, 0.717) is 6.42 Å². The molecular weight excluding hydrogens is 252 g/mol. The lowest BCUT2D eigenvalue weighted by Crippen LogP contribution is -2.27. The highest BCUT2D eigenvalue weighted by atomic mass is 16.1.